The lowest BCUT2D eigenvalue weighted by Gasteiger charge is -2.33. The fourth-order valence-electron chi connectivity index (χ4n) is 7.43. The van der Waals surface area contributed by atoms with Crippen LogP contribution in [0.3, 0.4) is 0 Å². The van der Waals surface area contributed by atoms with Crippen molar-refractivity contribution in [1.82, 2.24) is 0 Å². The monoisotopic (exact) mass is 698 g/mol. The molecule has 0 unspecified atom stereocenters. The normalized spacial score (nSPS) is 13.1. The van der Waals surface area contributed by atoms with Crippen molar-refractivity contribution in [3.05, 3.63) is 88.4 Å². The molecule has 0 radical (unpaired) electrons. The summed E-state index contributed by atoms with van der Waals surface area (Å²) < 4.78 is 7.26. The van der Waals surface area contributed by atoms with Crippen molar-refractivity contribution < 1.29 is 4.74 Å². The molecule has 0 saturated heterocycles. The first-order valence-corrected chi connectivity index (χ1v) is 20.0. The molecular weight excluding hydrogens is 644 g/mol. The molecule has 1 aliphatic rings. The quantitative estimate of drug-likeness (QED) is 0.0835. The minimum atomic E-state index is 0.0946. The predicted molar refractivity (Wildman–Crippen MR) is 205 cm³/mol. The molecule has 46 heavy (non-hydrogen) atoms. The van der Waals surface area contributed by atoms with Crippen molar-refractivity contribution in [3.63, 3.8) is 0 Å². The van der Waals surface area contributed by atoms with Gasteiger partial charge in [0.05, 0.1) is 6.61 Å². The van der Waals surface area contributed by atoms with Crippen LogP contribution in [0.1, 0.15) is 135 Å². The first-order chi connectivity index (χ1) is 22.6. The number of ether oxygens (including phenoxy) is 1. The molecule has 0 N–H and O–H groups in total. The van der Waals surface area contributed by atoms with Crippen LogP contribution in [0, 0.1) is 0 Å². The van der Waals surface area contributed by atoms with E-state index in [0.29, 0.717) is 0 Å². The van der Waals surface area contributed by atoms with Crippen LogP contribution in [0.25, 0.3) is 32.0 Å². The zero-order valence-electron chi connectivity index (χ0n) is 28.6. The number of unbranched alkanes of at least 4 members (excludes halogenated alkanes) is 11. The highest BCUT2D eigenvalue weighted by Crippen LogP contribution is 2.55. The Hall–Kier alpha value is -2.36. The molecule has 4 aromatic rings. The highest BCUT2D eigenvalue weighted by atomic mass is 79.9. The molecule has 0 aliphatic heterocycles. The number of hydrogen-bond donors (Lipinski definition) is 0. The maximum absolute atomic E-state index is 6.06. The molecule has 0 amide bonds. The van der Waals surface area contributed by atoms with Crippen molar-refractivity contribution in [2.45, 2.75) is 129 Å². The molecule has 5 rings (SSSR count). The Bertz CT molecular complexity index is 1490. The van der Waals surface area contributed by atoms with E-state index in [1.54, 1.807) is 11.1 Å². The first kappa shape index (κ1) is 35.0. The molecular formula is C43H55BrOS. The van der Waals surface area contributed by atoms with E-state index in [4.69, 9.17) is 4.74 Å². The van der Waals surface area contributed by atoms with E-state index in [-0.39, 0.29) is 5.41 Å². The zero-order chi connectivity index (χ0) is 32.2. The number of halogens is 1. The van der Waals surface area contributed by atoms with Gasteiger partial charge in [0.2, 0.25) is 0 Å². The minimum Gasteiger partial charge on any atom is -0.494 e. The van der Waals surface area contributed by atoms with Crippen molar-refractivity contribution in [3.8, 4) is 37.8 Å². The number of hydrogen-bond acceptors (Lipinski definition) is 2. The predicted octanol–water partition coefficient (Wildman–Crippen LogP) is 14.8. The summed E-state index contributed by atoms with van der Waals surface area (Å²) in [5, 5.41) is 0. The van der Waals surface area contributed by atoms with Crippen LogP contribution in [0.5, 0.6) is 5.75 Å². The number of benzene rings is 3. The average Bonchev–Trinajstić information content (AvgIpc) is 3.67. The second kappa shape index (κ2) is 17.7. The van der Waals surface area contributed by atoms with Crippen LogP contribution < -0.4 is 4.74 Å². The second-order valence-corrected chi connectivity index (χ2v) is 15.5. The third-order valence-corrected chi connectivity index (χ3v) is 11.7. The SMILES string of the molecule is CCCCCCCCOc1ccc(-c2ccc(-c3ccc4c(c3)C(CCCCCC)(CCCCCC)c3cc(Br)ccc3-4)s2)cc1. The Kier molecular flexibility index (Phi) is 13.4. The molecule has 0 spiro atoms. The second-order valence-electron chi connectivity index (χ2n) is 13.5. The van der Waals surface area contributed by atoms with Crippen LogP contribution in [0.2, 0.25) is 0 Å². The van der Waals surface area contributed by atoms with Gasteiger partial charge in [0.25, 0.3) is 0 Å². The standard InChI is InChI=1S/C43H55BrOS/c1-4-7-10-13-14-17-30-45-36-22-18-33(19-23-36)41-26-27-42(46-41)34-20-24-37-38-25-21-35(44)32-40(38)43(39(37)31-34,28-15-11-8-5-2)29-16-12-9-6-3/h18-27,31-32H,4-17,28-30H2,1-3H3. The van der Waals surface area contributed by atoms with Gasteiger partial charge in [-0.3, -0.25) is 0 Å². The van der Waals surface area contributed by atoms with Crippen LogP contribution in [0.15, 0.2) is 77.3 Å². The van der Waals surface area contributed by atoms with Gasteiger partial charge in [-0.05, 0) is 107 Å². The number of fused-ring (bicyclic) bond motifs is 3. The highest BCUT2D eigenvalue weighted by Gasteiger charge is 2.42. The van der Waals surface area contributed by atoms with Crippen molar-refractivity contribution >= 4 is 27.3 Å². The molecule has 1 nitrogen and oxygen atoms in total. The van der Waals surface area contributed by atoms with Crippen LogP contribution in [-0.2, 0) is 5.41 Å². The maximum Gasteiger partial charge on any atom is 0.119 e. The summed E-state index contributed by atoms with van der Waals surface area (Å²) in [6.07, 6.45) is 20.6. The molecule has 3 heteroatoms. The molecule has 0 saturated carbocycles. The molecule has 1 heterocycles. The summed E-state index contributed by atoms with van der Waals surface area (Å²) in [4.78, 5) is 2.67. The largest absolute Gasteiger partial charge is 0.494 e. The Morgan fingerprint density at radius 2 is 1.07 bits per heavy atom. The Morgan fingerprint density at radius 3 is 1.72 bits per heavy atom. The summed E-state index contributed by atoms with van der Waals surface area (Å²) in [6.45, 7) is 7.72. The van der Waals surface area contributed by atoms with Gasteiger partial charge in [-0.15, -0.1) is 11.3 Å². The van der Waals surface area contributed by atoms with Crippen LogP contribution in [0.4, 0.5) is 0 Å². The first-order valence-electron chi connectivity index (χ1n) is 18.4. The molecule has 1 aliphatic carbocycles. The topological polar surface area (TPSA) is 9.23 Å². The van der Waals surface area contributed by atoms with Crippen molar-refractivity contribution in [1.29, 1.82) is 0 Å². The highest BCUT2D eigenvalue weighted by molar-refractivity contribution is 9.10. The fourth-order valence-corrected chi connectivity index (χ4v) is 8.80. The van der Waals surface area contributed by atoms with E-state index in [9.17, 15) is 0 Å². The minimum absolute atomic E-state index is 0.0946. The summed E-state index contributed by atoms with van der Waals surface area (Å²) in [6, 6.07) is 27.7. The lowest BCUT2D eigenvalue weighted by atomic mass is 9.70. The molecule has 0 atom stereocenters. The van der Waals surface area contributed by atoms with Gasteiger partial charge < -0.3 is 4.74 Å². The molecule has 246 valence electrons. The lowest BCUT2D eigenvalue weighted by Crippen LogP contribution is -2.25. The van der Waals surface area contributed by atoms with Crippen LogP contribution >= 0.6 is 27.3 Å². The van der Waals surface area contributed by atoms with E-state index in [1.807, 2.05) is 11.3 Å². The Labute approximate surface area is 292 Å². The lowest BCUT2D eigenvalue weighted by molar-refractivity contribution is 0.304. The fraction of sp³-hybridized carbons (Fsp3) is 0.488. The van der Waals surface area contributed by atoms with E-state index in [0.717, 1.165) is 18.8 Å². The molecule has 0 bridgehead atoms. The van der Waals surface area contributed by atoms with Gasteiger partial charge in [0.1, 0.15) is 5.75 Å². The summed E-state index contributed by atoms with van der Waals surface area (Å²) >= 11 is 5.76. The number of rotatable bonds is 20. The van der Waals surface area contributed by atoms with Crippen molar-refractivity contribution in [2.75, 3.05) is 6.61 Å². The van der Waals surface area contributed by atoms with E-state index >= 15 is 0 Å². The van der Waals surface area contributed by atoms with Gasteiger partial charge in [-0.2, -0.15) is 0 Å². The van der Waals surface area contributed by atoms with Gasteiger partial charge in [0.15, 0.2) is 0 Å². The zero-order valence-corrected chi connectivity index (χ0v) is 31.0. The van der Waals surface area contributed by atoms with Crippen LogP contribution in [-0.4, -0.2) is 6.61 Å². The third-order valence-electron chi connectivity index (χ3n) is 10.0. The Morgan fingerprint density at radius 1 is 0.543 bits per heavy atom. The summed E-state index contributed by atoms with van der Waals surface area (Å²) in [5.41, 5.74) is 8.72. The van der Waals surface area contributed by atoms with Crippen molar-refractivity contribution in [2.24, 2.45) is 0 Å². The van der Waals surface area contributed by atoms with Gasteiger partial charge in [-0.25, -0.2) is 0 Å². The molecule has 3 aromatic carbocycles. The molecule has 0 fully saturated rings. The maximum atomic E-state index is 6.06. The van der Waals surface area contributed by atoms with Gasteiger partial charge in [-0.1, -0.05) is 138 Å². The Balaban J connectivity index is 1.36. The van der Waals surface area contributed by atoms with Gasteiger partial charge >= 0.3 is 0 Å². The smallest absolute Gasteiger partial charge is 0.119 e. The average molecular weight is 700 g/mol. The van der Waals surface area contributed by atoms with E-state index < -0.39 is 0 Å². The molecule has 1 aromatic heterocycles. The third kappa shape index (κ3) is 8.56. The van der Waals surface area contributed by atoms with E-state index in [1.165, 1.54) is 133 Å². The summed E-state index contributed by atoms with van der Waals surface area (Å²) in [7, 11) is 0. The summed E-state index contributed by atoms with van der Waals surface area (Å²) in [5.74, 6) is 0.980. The van der Waals surface area contributed by atoms with E-state index in [2.05, 4.69) is 109 Å². The van der Waals surface area contributed by atoms with Gasteiger partial charge in [0, 0.05) is 19.6 Å². The number of thiophene rings is 1.